The molecule has 0 atom stereocenters. The van der Waals surface area contributed by atoms with Crippen molar-refractivity contribution in [3.8, 4) is 6.07 Å². The first-order chi connectivity index (χ1) is 8.09. The molecule has 1 heterocycles. The molecule has 0 radical (unpaired) electrons. The van der Waals surface area contributed by atoms with E-state index in [0.29, 0.717) is 5.41 Å². The molecule has 0 unspecified atom stereocenters. The van der Waals surface area contributed by atoms with E-state index in [1.54, 1.807) is 0 Å². The molecule has 3 rings (SSSR count). The Bertz CT molecular complexity index is 626. The highest BCUT2D eigenvalue weighted by molar-refractivity contribution is 5.86. The van der Waals surface area contributed by atoms with Crippen molar-refractivity contribution in [3.05, 3.63) is 35.0 Å². The Labute approximate surface area is 101 Å². The van der Waals surface area contributed by atoms with Crippen LogP contribution in [0.5, 0.6) is 0 Å². The van der Waals surface area contributed by atoms with Crippen LogP contribution in [0, 0.1) is 16.7 Å². The Morgan fingerprint density at radius 2 is 2.18 bits per heavy atom. The lowest BCUT2D eigenvalue weighted by molar-refractivity contribution is 0.315. The van der Waals surface area contributed by atoms with Crippen LogP contribution in [0.1, 0.15) is 37.1 Å². The van der Waals surface area contributed by atoms with Crippen molar-refractivity contribution in [3.63, 3.8) is 0 Å². The fraction of sp³-hybridized carbons (Fsp3) is 0.400. The third-order valence-electron chi connectivity index (χ3n) is 3.83. The predicted molar refractivity (Wildman–Crippen MR) is 68.8 cm³/mol. The summed E-state index contributed by atoms with van der Waals surface area (Å²) in [6.07, 6.45) is 3.47. The Morgan fingerprint density at radius 1 is 1.35 bits per heavy atom. The molecule has 1 aliphatic rings. The number of hydrogen-bond acceptors (Lipinski definition) is 1. The maximum absolute atomic E-state index is 8.98. The molecule has 0 bridgehead atoms. The van der Waals surface area contributed by atoms with Gasteiger partial charge in [-0.15, -0.1) is 0 Å². The average molecular weight is 224 g/mol. The van der Waals surface area contributed by atoms with Gasteiger partial charge in [-0.1, -0.05) is 13.8 Å². The van der Waals surface area contributed by atoms with E-state index in [9.17, 15) is 0 Å². The molecule has 1 aliphatic carbocycles. The first-order valence-electron chi connectivity index (χ1n) is 6.13. The van der Waals surface area contributed by atoms with E-state index in [1.165, 1.54) is 28.6 Å². The van der Waals surface area contributed by atoms with Crippen LogP contribution >= 0.6 is 0 Å². The molecule has 2 aromatic rings. The molecule has 0 saturated heterocycles. The molecule has 17 heavy (non-hydrogen) atoms. The minimum Gasteiger partial charge on any atom is -0.358 e. The standard InChI is InChI=1S/C15H16N2/c1-15(2)6-5-14-12(8-15)11-7-10(9-16)3-4-13(11)17-14/h3-4,7,17H,5-6,8H2,1-2H3. The van der Waals surface area contributed by atoms with Crippen LogP contribution in [0.15, 0.2) is 18.2 Å². The Morgan fingerprint density at radius 3 is 2.94 bits per heavy atom. The lowest BCUT2D eigenvalue weighted by Crippen LogP contribution is -2.21. The molecule has 0 fully saturated rings. The molecule has 86 valence electrons. The number of nitrogens with one attached hydrogen (secondary N) is 1. The molecule has 0 spiro atoms. The summed E-state index contributed by atoms with van der Waals surface area (Å²) in [5.74, 6) is 0. The highest BCUT2D eigenvalue weighted by atomic mass is 14.7. The number of aromatic nitrogens is 1. The number of aromatic amines is 1. The Hall–Kier alpha value is -1.75. The van der Waals surface area contributed by atoms with Crippen LogP contribution in [-0.4, -0.2) is 4.98 Å². The quantitative estimate of drug-likeness (QED) is 0.730. The smallest absolute Gasteiger partial charge is 0.0991 e. The SMILES string of the molecule is CC1(C)CCc2[nH]c3ccc(C#N)cc3c2C1. The van der Waals surface area contributed by atoms with Crippen molar-refractivity contribution >= 4 is 10.9 Å². The molecule has 1 aromatic heterocycles. The van der Waals surface area contributed by atoms with Crippen molar-refractivity contribution in [2.24, 2.45) is 5.41 Å². The fourth-order valence-corrected chi connectivity index (χ4v) is 2.82. The molecular weight excluding hydrogens is 208 g/mol. The summed E-state index contributed by atoms with van der Waals surface area (Å²) in [5.41, 5.74) is 5.10. The lowest BCUT2D eigenvalue weighted by atomic mass is 9.76. The summed E-state index contributed by atoms with van der Waals surface area (Å²) in [4.78, 5) is 3.50. The van der Waals surface area contributed by atoms with Gasteiger partial charge in [0.25, 0.3) is 0 Å². The fourth-order valence-electron chi connectivity index (χ4n) is 2.82. The maximum atomic E-state index is 8.98. The van der Waals surface area contributed by atoms with Gasteiger partial charge in [0.15, 0.2) is 0 Å². The summed E-state index contributed by atoms with van der Waals surface area (Å²) in [6.45, 7) is 4.64. The van der Waals surface area contributed by atoms with Gasteiger partial charge in [0.1, 0.15) is 0 Å². The van der Waals surface area contributed by atoms with Gasteiger partial charge in [-0.2, -0.15) is 5.26 Å². The molecular formula is C15H16N2. The van der Waals surface area contributed by atoms with E-state index in [4.69, 9.17) is 5.26 Å². The molecule has 0 amide bonds. The number of aryl methyl sites for hydroxylation is 1. The third-order valence-corrected chi connectivity index (χ3v) is 3.83. The molecule has 0 saturated carbocycles. The molecule has 0 aliphatic heterocycles. The average Bonchev–Trinajstić information content (AvgIpc) is 2.65. The van der Waals surface area contributed by atoms with Crippen LogP contribution in [0.2, 0.25) is 0 Å². The number of nitrogens with zero attached hydrogens (tertiary/aromatic N) is 1. The highest BCUT2D eigenvalue weighted by Gasteiger charge is 2.27. The molecule has 2 nitrogen and oxygen atoms in total. The molecule has 2 heteroatoms. The van der Waals surface area contributed by atoms with Gasteiger partial charge in [0, 0.05) is 16.6 Å². The second-order valence-corrected chi connectivity index (χ2v) is 5.80. The van der Waals surface area contributed by atoms with Gasteiger partial charge in [0.05, 0.1) is 11.6 Å². The zero-order chi connectivity index (χ0) is 12.0. The lowest BCUT2D eigenvalue weighted by Gasteiger charge is -2.29. The second kappa shape index (κ2) is 3.37. The Balaban J connectivity index is 2.23. The molecule has 1 N–H and O–H groups in total. The van der Waals surface area contributed by atoms with E-state index >= 15 is 0 Å². The minimum atomic E-state index is 0.380. The first kappa shape index (κ1) is 10.4. The van der Waals surface area contributed by atoms with E-state index in [1.807, 2.05) is 18.2 Å². The topological polar surface area (TPSA) is 39.6 Å². The van der Waals surface area contributed by atoms with Crippen LogP contribution in [0.4, 0.5) is 0 Å². The summed E-state index contributed by atoms with van der Waals surface area (Å²) in [7, 11) is 0. The van der Waals surface area contributed by atoms with E-state index < -0.39 is 0 Å². The van der Waals surface area contributed by atoms with Gasteiger partial charge in [-0.3, -0.25) is 0 Å². The number of benzene rings is 1. The number of fused-ring (bicyclic) bond motifs is 3. The van der Waals surface area contributed by atoms with Crippen molar-refractivity contribution < 1.29 is 0 Å². The monoisotopic (exact) mass is 224 g/mol. The van der Waals surface area contributed by atoms with Crippen molar-refractivity contribution in [1.82, 2.24) is 4.98 Å². The predicted octanol–water partition coefficient (Wildman–Crippen LogP) is 3.55. The summed E-state index contributed by atoms with van der Waals surface area (Å²) in [5, 5.41) is 10.2. The second-order valence-electron chi connectivity index (χ2n) is 5.80. The van der Waals surface area contributed by atoms with Crippen LogP contribution in [-0.2, 0) is 12.8 Å². The summed E-state index contributed by atoms with van der Waals surface area (Å²) in [6, 6.07) is 8.15. The summed E-state index contributed by atoms with van der Waals surface area (Å²) < 4.78 is 0. The Kier molecular flexibility index (Phi) is 2.06. The van der Waals surface area contributed by atoms with Crippen LogP contribution < -0.4 is 0 Å². The maximum Gasteiger partial charge on any atom is 0.0991 e. The zero-order valence-electron chi connectivity index (χ0n) is 10.3. The minimum absolute atomic E-state index is 0.380. The van der Waals surface area contributed by atoms with E-state index in [-0.39, 0.29) is 0 Å². The number of hydrogen-bond donors (Lipinski definition) is 1. The highest BCUT2D eigenvalue weighted by Crippen LogP contribution is 2.38. The van der Waals surface area contributed by atoms with Gasteiger partial charge >= 0.3 is 0 Å². The van der Waals surface area contributed by atoms with Crippen LogP contribution in [0.3, 0.4) is 0 Å². The van der Waals surface area contributed by atoms with Gasteiger partial charge in [0.2, 0.25) is 0 Å². The molecule has 1 aromatic carbocycles. The normalized spacial score (nSPS) is 17.7. The first-order valence-corrected chi connectivity index (χ1v) is 6.13. The van der Waals surface area contributed by atoms with Crippen molar-refractivity contribution in [2.75, 3.05) is 0 Å². The summed E-state index contributed by atoms with van der Waals surface area (Å²) >= 11 is 0. The number of nitriles is 1. The van der Waals surface area contributed by atoms with E-state index in [0.717, 1.165) is 18.4 Å². The number of rotatable bonds is 0. The van der Waals surface area contributed by atoms with Crippen LogP contribution in [0.25, 0.3) is 10.9 Å². The van der Waals surface area contributed by atoms with Gasteiger partial charge < -0.3 is 4.98 Å². The largest absolute Gasteiger partial charge is 0.358 e. The van der Waals surface area contributed by atoms with Gasteiger partial charge in [-0.05, 0) is 48.4 Å². The number of H-pyrrole nitrogens is 1. The third kappa shape index (κ3) is 1.63. The van der Waals surface area contributed by atoms with E-state index in [2.05, 4.69) is 24.9 Å². The van der Waals surface area contributed by atoms with Gasteiger partial charge in [-0.25, -0.2) is 0 Å². The zero-order valence-corrected chi connectivity index (χ0v) is 10.3. The van der Waals surface area contributed by atoms with Crippen molar-refractivity contribution in [2.45, 2.75) is 33.1 Å². The van der Waals surface area contributed by atoms with Crippen molar-refractivity contribution in [1.29, 1.82) is 5.26 Å².